The second-order valence-corrected chi connectivity index (χ2v) is 7.09. The lowest BCUT2D eigenvalue weighted by Crippen LogP contribution is -2.45. The molecule has 3 aromatic rings. The molecule has 0 spiro atoms. The lowest BCUT2D eigenvalue weighted by Gasteiger charge is -2.20. The van der Waals surface area contributed by atoms with E-state index < -0.39 is 22.6 Å². The van der Waals surface area contributed by atoms with Gasteiger partial charge in [-0.25, -0.2) is 14.6 Å². The lowest BCUT2D eigenvalue weighted by molar-refractivity contribution is -0.154. The Morgan fingerprint density at radius 1 is 1.19 bits per heavy atom. The Morgan fingerprint density at radius 2 is 1.85 bits per heavy atom. The van der Waals surface area contributed by atoms with E-state index in [4.69, 9.17) is 4.84 Å². The highest BCUT2D eigenvalue weighted by Gasteiger charge is 2.30. The van der Waals surface area contributed by atoms with Crippen LogP contribution in [-0.2, 0) is 18.4 Å². The molecule has 0 fully saturated rings. The van der Waals surface area contributed by atoms with Gasteiger partial charge in [-0.15, -0.1) is 0 Å². The van der Waals surface area contributed by atoms with E-state index in [0.29, 0.717) is 13.0 Å². The minimum absolute atomic E-state index is 0.0271. The van der Waals surface area contributed by atoms with Crippen molar-refractivity contribution < 1.29 is 9.63 Å². The largest absolute Gasteiger partial charge is 0.366 e. The fraction of sp³-hybridized carbons (Fsp3) is 0.368. The van der Waals surface area contributed by atoms with Gasteiger partial charge in [0.1, 0.15) is 0 Å². The molecule has 0 bridgehead atoms. The van der Waals surface area contributed by atoms with E-state index in [0.717, 1.165) is 14.9 Å². The van der Waals surface area contributed by atoms with Crippen LogP contribution < -0.4 is 16.1 Å². The average Bonchev–Trinajstić information content (AvgIpc) is 3.07. The number of fused-ring (bicyclic) bond motifs is 1. The third-order valence-corrected chi connectivity index (χ3v) is 4.79. The quantitative estimate of drug-likeness (QED) is 0.676. The summed E-state index contributed by atoms with van der Waals surface area (Å²) in [6, 6.07) is 9.56. The molecule has 27 heavy (non-hydrogen) atoms. The Morgan fingerprint density at radius 3 is 2.48 bits per heavy atom. The van der Waals surface area contributed by atoms with Crippen molar-refractivity contribution >= 4 is 17.1 Å². The van der Waals surface area contributed by atoms with Crippen LogP contribution in [0, 0.1) is 5.41 Å². The monoisotopic (exact) mass is 370 g/mol. The van der Waals surface area contributed by atoms with Crippen LogP contribution in [0.25, 0.3) is 11.2 Å². The molecule has 0 aliphatic heterocycles. The first-order chi connectivity index (χ1) is 12.8. The Balaban J connectivity index is 2.14. The van der Waals surface area contributed by atoms with E-state index in [9.17, 15) is 14.4 Å². The molecule has 2 heterocycles. The molecule has 0 saturated carbocycles. The molecule has 0 aliphatic carbocycles. The van der Waals surface area contributed by atoms with Crippen molar-refractivity contribution in [2.24, 2.45) is 12.5 Å². The zero-order chi connectivity index (χ0) is 19.8. The summed E-state index contributed by atoms with van der Waals surface area (Å²) in [6.45, 7) is 5.72. The van der Waals surface area contributed by atoms with Gasteiger partial charge in [0.15, 0.2) is 5.52 Å². The average molecular weight is 370 g/mol. The van der Waals surface area contributed by atoms with Crippen LogP contribution in [0.5, 0.6) is 0 Å². The summed E-state index contributed by atoms with van der Waals surface area (Å²) in [7, 11) is 1.35. The van der Waals surface area contributed by atoms with Crippen LogP contribution in [0.1, 0.15) is 32.8 Å². The van der Waals surface area contributed by atoms with Crippen LogP contribution in [0.15, 0.2) is 46.2 Å². The van der Waals surface area contributed by atoms with E-state index in [1.807, 2.05) is 37.3 Å². The molecular weight excluding hydrogens is 348 g/mol. The van der Waals surface area contributed by atoms with Crippen LogP contribution >= 0.6 is 0 Å². The summed E-state index contributed by atoms with van der Waals surface area (Å²) in [6.07, 6.45) is 2.01. The number of hydrogen-bond donors (Lipinski definition) is 0. The number of carbonyl (C=O) groups excluding carboxylic acids is 1. The molecule has 0 N–H and O–H groups in total. The van der Waals surface area contributed by atoms with E-state index in [2.05, 4.69) is 4.98 Å². The maximum absolute atomic E-state index is 12.7. The third kappa shape index (κ3) is 3.30. The molecule has 0 atom stereocenters. The predicted molar refractivity (Wildman–Crippen MR) is 100 cm³/mol. The number of carbonyl (C=O) groups is 1. The van der Waals surface area contributed by atoms with Crippen LogP contribution in [0.3, 0.4) is 0 Å². The number of aromatic nitrogens is 4. The van der Waals surface area contributed by atoms with Crippen LogP contribution in [0.2, 0.25) is 0 Å². The maximum atomic E-state index is 12.7. The minimum atomic E-state index is -0.771. The topological polar surface area (TPSA) is 88.1 Å². The van der Waals surface area contributed by atoms with Crippen LogP contribution in [0.4, 0.5) is 0 Å². The number of rotatable bonds is 5. The highest BCUT2D eigenvalue weighted by molar-refractivity contribution is 5.77. The Kier molecular flexibility index (Phi) is 4.73. The van der Waals surface area contributed by atoms with Gasteiger partial charge in [0.25, 0.3) is 5.56 Å². The zero-order valence-corrected chi connectivity index (χ0v) is 15.8. The van der Waals surface area contributed by atoms with E-state index in [-0.39, 0.29) is 11.2 Å². The van der Waals surface area contributed by atoms with Crippen molar-refractivity contribution in [3.05, 3.63) is 63.1 Å². The molecule has 2 aromatic heterocycles. The van der Waals surface area contributed by atoms with E-state index >= 15 is 0 Å². The lowest BCUT2D eigenvalue weighted by atomic mass is 9.91. The summed E-state index contributed by atoms with van der Waals surface area (Å²) < 4.78 is 3.36. The Bertz CT molecular complexity index is 1110. The summed E-state index contributed by atoms with van der Waals surface area (Å²) in [5, 5.41) is 0. The molecule has 3 rings (SSSR count). The molecule has 0 amide bonds. The highest BCUT2D eigenvalue weighted by Crippen LogP contribution is 2.20. The smallest absolute Gasteiger partial charge is 0.329 e. The molecule has 0 unspecified atom stereocenters. The van der Waals surface area contributed by atoms with Gasteiger partial charge in [0, 0.05) is 13.6 Å². The second kappa shape index (κ2) is 6.86. The van der Waals surface area contributed by atoms with Crippen molar-refractivity contribution in [1.82, 2.24) is 18.8 Å². The maximum Gasteiger partial charge on any atom is 0.366 e. The summed E-state index contributed by atoms with van der Waals surface area (Å²) >= 11 is 0. The second-order valence-electron chi connectivity index (χ2n) is 7.09. The Labute approximate surface area is 155 Å². The summed E-state index contributed by atoms with van der Waals surface area (Å²) in [4.78, 5) is 47.2. The van der Waals surface area contributed by atoms with Gasteiger partial charge in [0.2, 0.25) is 5.65 Å². The van der Waals surface area contributed by atoms with Crippen molar-refractivity contribution in [1.29, 1.82) is 0 Å². The standard InChI is InChI=1S/C19H22N4O4/c1-5-19(2,3)17(25)27-23-15-14(16(24)21(4)18(23)26)22(12-20-15)11-13-9-7-6-8-10-13/h6-10,12H,5,11H2,1-4H3. The molecule has 0 saturated heterocycles. The highest BCUT2D eigenvalue weighted by atomic mass is 16.7. The number of nitrogens with zero attached hydrogens (tertiary/aromatic N) is 4. The fourth-order valence-electron chi connectivity index (χ4n) is 2.54. The van der Waals surface area contributed by atoms with E-state index in [1.165, 1.54) is 13.4 Å². The number of imidazole rings is 1. The Hall–Kier alpha value is -3.16. The van der Waals surface area contributed by atoms with Crippen molar-refractivity contribution in [3.63, 3.8) is 0 Å². The first-order valence-corrected chi connectivity index (χ1v) is 8.70. The first-order valence-electron chi connectivity index (χ1n) is 8.70. The zero-order valence-electron chi connectivity index (χ0n) is 15.8. The normalized spacial score (nSPS) is 11.7. The predicted octanol–water partition coefficient (Wildman–Crippen LogP) is 1.34. The van der Waals surface area contributed by atoms with Gasteiger partial charge >= 0.3 is 11.7 Å². The SMILES string of the molecule is CCC(C)(C)C(=O)On1c(=O)n(C)c(=O)c2c1ncn2Cc1ccccc1. The van der Waals surface area contributed by atoms with Crippen LogP contribution in [-0.4, -0.2) is 24.8 Å². The molecule has 0 radical (unpaired) electrons. The summed E-state index contributed by atoms with van der Waals surface area (Å²) in [5.74, 6) is -0.565. The molecule has 1 aromatic carbocycles. The molecule has 8 heteroatoms. The van der Waals surface area contributed by atoms with Gasteiger partial charge < -0.3 is 9.40 Å². The minimum Gasteiger partial charge on any atom is -0.329 e. The summed E-state index contributed by atoms with van der Waals surface area (Å²) in [5.41, 5.74) is -0.821. The molecule has 0 aliphatic rings. The van der Waals surface area contributed by atoms with Gasteiger partial charge in [0.05, 0.1) is 11.7 Å². The van der Waals surface area contributed by atoms with Crippen molar-refractivity contribution in [2.75, 3.05) is 0 Å². The number of benzene rings is 1. The van der Waals surface area contributed by atoms with Gasteiger partial charge in [-0.2, -0.15) is 0 Å². The van der Waals surface area contributed by atoms with Gasteiger partial charge in [-0.1, -0.05) is 42.0 Å². The fourth-order valence-corrected chi connectivity index (χ4v) is 2.54. The van der Waals surface area contributed by atoms with Crippen molar-refractivity contribution in [3.8, 4) is 0 Å². The first kappa shape index (κ1) is 18.6. The third-order valence-electron chi connectivity index (χ3n) is 4.79. The van der Waals surface area contributed by atoms with Gasteiger partial charge in [-0.05, 0) is 25.8 Å². The molecular formula is C19H22N4O4. The number of hydrogen-bond acceptors (Lipinski definition) is 5. The molecule has 8 nitrogen and oxygen atoms in total. The van der Waals surface area contributed by atoms with Crippen molar-refractivity contribution in [2.45, 2.75) is 33.7 Å². The van der Waals surface area contributed by atoms with E-state index in [1.54, 1.807) is 18.4 Å². The van der Waals surface area contributed by atoms with Gasteiger partial charge in [-0.3, -0.25) is 9.36 Å². The molecule has 142 valence electrons.